The Hall–Kier alpha value is -3.12. The lowest BCUT2D eigenvalue weighted by atomic mass is 10.0. The van der Waals surface area contributed by atoms with Gasteiger partial charge in [0.2, 0.25) is 0 Å². The third-order valence-electron chi connectivity index (χ3n) is 5.35. The van der Waals surface area contributed by atoms with Crippen molar-refractivity contribution in [3.63, 3.8) is 0 Å². The molecule has 0 saturated heterocycles. The molecule has 6 nitrogen and oxygen atoms in total. The molecule has 2 atom stereocenters. The highest BCUT2D eigenvalue weighted by atomic mass is 16.5. The first kappa shape index (κ1) is 19.2. The molecule has 6 heteroatoms. The van der Waals surface area contributed by atoms with Gasteiger partial charge in [0.05, 0.1) is 38.3 Å². The third-order valence-corrected chi connectivity index (χ3v) is 5.35. The number of hydrogen-bond donors (Lipinski definition) is 1. The summed E-state index contributed by atoms with van der Waals surface area (Å²) in [4.78, 5) is 17.3. The molecule has 150 valence electrons. The van der Waals surface area contributed by atoms with Gasteiger partial charge < -0.3 is 19.4 Å². The molecule has 0 fully saturated rings. The minimum absolute atomic E-state index is 0.0310. The molecule has 4 rings (SSSR count). The maximum Gasteiger partial charge on any atom is 0.272 e. The first-order valence-electron chi connectivity index (χ1n) is 9.85. The zero-order chi connectivity index (χ0) is 20.2. The smallest absolute Gasteiger partial charge is 0.272 e. The van der Waals surface area contributed by atoms with Crippen LogP contribution in [0.15, 0.2) is 60.9 Å². The number of carbonyl (C=O) groups is 1. The van der Waals surface area contributed by atoms with Crippen molar-refractivity contribution in [1.82, 2.24) is 14.9 Å². The van der Waals surface area contributed by atoms with Crippen molar-refractivity contribution in [2.24, 2.45) is 0 Å². The Bertz CT molecular complexity index is 967. The standard InChI is InChI=1S/C23H25N3O3/c1-3-19(16-9-11-18(28-2)12-10-16)25-23(27)22-20-14-29-21(13-26(20)15-24-22)17-7-5-4-6-8-17/h4-12,15,19,21H,3,13-14H2,1-2H3,(H,25,27)/t19-,21-/m0/s1. The van der Waals surface area contributed by atoms with Crippen LogP contribution in [0, 0.1) is 0 Å². The van der Waals surface area contributed by atoms with Crippen molar-refractivity contribution < 1.29 is 14.3 Å². The van der Waals surface area contributed by atoms with Crippen molar-refractivity contribution >= 4 is 5.91 Å². The van der Waals surface area contributed by atoms with E-state index in [-0.39, 0.29) is 18.1 Å². The van der Waals surface area contributed by atoms with E-state index in [1.807, 2.05) is 54.0 Å². The number of hydrogen-bond acceptors (Lipinski definition) is 4. The molecular formula is C23H25N3O3. The molecule has 0 unspecified atom stereocenters. The maximum atomic E-state index is 12.9. The summed E-state index contributed by atoms with van der Waals surface area (Å²) < 4.78 is 13.3. The first-order valence-corrected chi connectivity index (χ1v) is 9.85. The summed E-state index contributed by atoms with van der Waals surface area (Å²) in [5.74, 6) is 0.617. The van der Waals surface area contributed by atoms with E-state index in [0.29, 0.717) is 18.8 Å². The summed E-state index contributed by atoms with van der Waals surface area (Å²) in [7, 11) is 1.64. The lowest BCUT2D eigenvalue weighted by Gasteiger charge is -2.26. The van der Waals surface area contributed by atoms with E-state index in [2.05, 4.69) is 22.4 Å². The fourth-order valence-electron chi connectivity index (χ4n) is 3.67. The van der Waals surface area contributed by atoms with E-state index in [4.69, 9.17) is 9.47 Å². The average Bonchev–Trinajstić information content (AvgIpc) is 3.21. The number of amides is 1. The van der Waals surface area contributed by atoms with Crippen molar-refractivity contribution in [3.8, 4) is 5.75 Å². The van der Waals surface area contributed by atoms with Crippen LogP contribution in [0.1, 0.15) is 52.8 Å². The van der Waals surface area contributed by atoms with E-state index in [1.54, 1.807) is 13.4 Å². The summed E-state index contributed by atoms with van der Waals surface area (Å²) in [5.41, 5.74) is 3.42. The highest BCUT2D eigenvalue weighted by Gasteiger charge is 2.27. The van der Waals surface area contributed by atoms with Crippen molar-refractivity contribution in [2.75, 3.05) is 7.11 Å². The van der Waals surface area contributed by atoms with E-state index in [9.17, 15) is 4.79 Å². The van der Waals surface area contributed by atoms with Gasteiger partial charge in [0, 0.05) is 0 Å². The number of fused-ring (bicyclic) bond motifs is 1. The first-order chi connectivity index (χ1) is 14.2. The molecule has 3 aromatic rings. The van der Waals surface area contributed by atoms with Gasteiger partial charge in [-0.15, -0.1) is 0 Å². The normalized spacial score (nSPS) is 16.7. The Labute approximate surface area is 170 Å². The number of nitrogens with one attached hydrogen (secondary N) is 1. The summed E-state index contributed by atoms with van der Waals surface area (Å²) >= 11 is 0. The Balaban J connectivity index is 1.48. The lowest BCUT2D eigenvalue weighted by molar-refractivity contribution is 0.00256. The van der Waals surface area contributed by atoms with E-state index in [1.165, 1.54) is 0 Å². The quantitative estimate of drug-likeness (QED) is 0.689. The topological polar surface area (TPSA) is 65.4 Å². The second kappa shape index (κ2) is 8.49. The predicted molar refractivity (Wildman–Crippen MR) is 110 cm³/mol. The predicted octanol–water partition coefficient (Wildman–Crippen LogP) is 4.04. The Morgan fingerprint density at radius 1 is 1.24 bits per heavy atom. The van der Waals surface area contributed by atoms with Crippen molar-refractivity contribution in [3.05, 3.63) is 83.4 Å². The number of nitrogens with zero attached hydrogens (tertiary/aromatic N) is 2. The van der Waals surface area contributed by atoms with E-state index < -0.39 is 0 Å². The summed E-state index contributed by atoms with van der Waals surface area (Å²) in [6.07, 6.45) is 2.48. The number of rotatable bonds is 6. The molecule has 0 radical (unpaired) electrons. The van der Waals surface area contributed by atoms with Crippen molar-refractivity contribution in [2.45, 2.75) is 38.6 Å². The summed E-state index contributed by atoms with van der Waals surface area (Å²) in [5, 5.41) is 3.10. The van der Waals surface area contributed by atoms with Crippen molar-refractivity contribution in [1.29, 1.82) is 0 Å². The van der Waals surface area contributed by atoms with Gasteiger partial charge in [-0.05, 0) is 29.7 Å². The maximum absolute atomic E-state index is 12.9. The van der Waals surface area contributed by atoms with Gasteiger partial charge in [-0.3, -0.25) is 4.79 Å². The molecule has 1 N–H and O–H groups in total. The lowest BCUT2D eigenvalue weighted by Crippen LogP contribution is -2.30. The fraction of sp³-hybridized carbons (Fsp3) is 0.304. The van der Waals surface area contributed by atoms with Gasteiger partial charge in [0.1, 0.15) is 11.9 Å². The highest BCUT2D eigenvalue weighted by molar-refractivity contribution is 5.93. The van der Waals surface area contributed by atoms with Gasteiger partial charge in [-0.2, -0.15) is 0 Å². The molecule has 1 aliphatic heterocycles. The molecule has 0 aliphatic carbocycles. The molecule has 2 heterocycles. The van der Waals surface area contributed by atoms with E-state index >= 15 is 0 Å². The number of aromatic nitrogens is 2. The van der Waals surface area contributed by atoms with Crippen LogP contribution in [0.4, 0.5) is 0 Å². The van der Waals surface area contributed by atoms with Crippen LogP contribution < -0.4 is 10.1 Å². The second-order valence-electron chi connectivity index (χ2n) is 7.11. The molecular weight excluding hydrogens is 366 g/mol. The second-order valence-corrected chi connectivity index (χ2v) is 7.11. The van der Waals surface area contributed by atoms with Crippen LogP contribution in [0.5, 0.6) is 5.75 Å². The molecule has 0 spiro atoms. The Morgan fingerprint density at radius 2 is 2.00 bits per heavy atom. The van der Waals surface area contributed by atoms with Crippen LogP contribution >= 0.6 is 0 Å². The van der Waals surface area contributed by atoms with Gasteiger partial charge in [0.15, 0.2) is 5.69 Å². The highest BCUT2D eigenvalue weighted by Crippen LogP contribution is 2.28. The minimum Gasteiger partial charge on any atom is -0.497 e. The Morgan fingerprint density at radius 3 is 2.69 bits per heavy atom. The average molecular weight is 391 g/mol. The Kier molecular flexibility index (Phi) is 5.62. The number of methoxy groups -OCH3 is 1. The molecule has 1 aromatic heterocycles. The molecule has 0 bridgehead atoms. The fourth-order valence-corrected chi connectivity index (χ4v) is 3.67. The summed E-state index contributed by atoms with van der Waals surface area (Å²) in [6.45, 7) is 3.06. The van der Waals surface area contributed by atoms with Crippen LogP contribution in [-0.4, -0.2) is 22.6 Å². The zero-order valence-corrected chi connectivity index (χ0v) is 16.7. The largest absolute Gasteiger partial charge is 0.497 e. The monoisotopic (exact) mass is 391 g/mol. The third kappa shape index (κ3) is 4.03. The number of carbonyl (C=O) groups excluding carboxylic acids is 1. The number of imidazole rings is 1. The van der Waals surface area contributed by atoms with E-state index in [0.717, 1.165) is 29.0 Å². The van der Waals surface area contributed by atoms with Crippen LogP contribution in [0.3, 0.4) is 0 Å². The molecule has 1 amide bonds. The SMILES string of the molecule is CC[C@H](NC(=O)c1ncn2c1CO[C@H](c1ccccc1)C2)c1ccc(OC)cc1. The summed E-state index contributed by atoms with van der Waals surface area (Å²) in [6, 6.07) is 17.8. The van der Waals surface area contributed by atoms with Gasteiger partial charge in [0.25, 0.3) is 5.91 Å². The molecule has 0 saturated carbocycles. The van der Waals surface area contributed by atoms with Crippen LogP contribution in [0.25, 0.3) is 0 Å². The molecule has 2 aromatic carbocycles. The van der Waals surface area contributed by atoms with Crippen LogP contribution in [-0.2, 0) is 17.9 Å². The minimum atomic E-state index is -0.178. The molecule has 29 heavy (non-hydrogen) atoms. The van der Waals surface area contributed by atoms with Gasteiger partial charge in [-0.1, -0.05) is 49.4 Å². The number of ether oxygens (including phenoxy) is 2. The molecule has 1 aliphatic rings. The zero-order valence-electron chi connectivity index (χ0n) is 16.7. The number of benzene rings is 2. The van der Waals surface area contributed by atoms with Gasteiger partial charge in [-0.25, -0.2) is 4.98 Å². The van der Waals surface area contributed by atoms with Gasteiger partial charge >= 0.3 is 0 Å². The van der Waals surface area contributed by atoms with Crippen LogP contribution in [0.2, 0.25) is 0 Å².